The van der Waals surface area contributed by atoms with Gasteiger partial charge in [0, 0.05) is 31.2 Å². The molecule has 0 amide bonds. The number of hydrogen-bond acceptors (Lipinski definition) is 5. The van der Waals surface area contributed by atoms with Crippen LogP contribution in [0.1, 0.15) is 11.3 Å². The quantitative estimate of drug-likeness (QED) is 0.402. The SMILES string of the molecule is Cc1cn2c3c(=O)n(C/C=C/c4ccccc4)c(=O)n(C)c3nc2n1-c1ccc(S(N)(=O)=O)cc1. The van der Waals surface area contributed by atoms with Crippen LogP contribution in [0.5, 0.6) is 0 Å². The fourth-order valence-corrected chi connectivity index (χ4v) is 4.65. The molecule has 35 heavy (non-hydrogen) atoms. The number of benzene rings is 2. The number of fused-ring (bicyclic) bond motifs is 3. The summed E-state index contributed by atoms with van der Waals surface area (Å²) < 4.78 is 29.1. The molecule has 3 heterocycles. The van der Waals surface area contributed by atoms with Crippen molar-refractivity contribution >= 4 is 33.0 Å². The molecule has 0 radical (unpaired) electrons. The molecule has 5 rings (SSSR count). The lowest BCUT2D eigenvalue weighted by Crippen LogP contribution is -2.39. The lowest BCUT2D eigenvalue weighted by Gasteiger charge is -2.07. The van der Waals surface area contributed by atoms with Gasteiger partial charge in [-0.05, 0) is 36.8 Å². The van der Waals surface area contributed by atoms with Crippen LogP contribution in [0.25, 0.3) is 28.7 Å². The van der Waals surface area contributed by atoms with Crippen LogP contribution in [0.15, 0.2) is 81.4 Å². The van der Waals surface area contributed by atoms with Gasteiger partial charge in [-0.3, -0.25) is 22.9 Å². The van der Waals surface area contributed by atoms with E-state index in [1.807, 2.05) is 43.3 Å². The Labute approximate surface area is 199 Å². The summed E-state index contributed by atoms with van der Waals surface area (Å²) in [5, 5.41) is 5.20. The maximum Gasteiger partial charge on any atom is 0.332 e. The van der Waals surface area contributed by atoms with E-state index in [9.17, 15) is 18.0 Å². The van der Waals surface area contributed by atoms with Gasteiger partial charge in [0.05, 0.1) is 4.90 Å². The lowest BCUT2D eigenvalue weighted by atomic mass is 10.2. The minimum Gasteiger partial charge on any atom is -0.283 e. The number of primary sulfonamides is 1. The number of sulfonamides is 1. The van der Waals surface area contributed by atoms with E-state index in [1.54, 1.807) is 40.4 Å². The van der Waals surface area contributed by atoms with Crippen LogP contribution in [0, 0.1) is 6.92 Å². The van der Waals surface area contributed by atoms with Crippen molar-refractivity contribution in [3.63, 3.8) is 0 Å². The van der Waals surface area contributed by atoms with E-state index >= 15 is 0 Å². The molecular formula is C24H22N6O4S. The first-order chi connectivity index (χ1) is 16.7. The predicted octanol–water partition coefficient (Wildman–Crippen LogP) is 1.81. The summed E-state index contributed by atoms with van der Waals surface area (Å²) in [5.74, 6) is 0.422. The summed E-state index contributed by atoms with van der Waals surface area (Å²) in [4.78, 5) is 30.9. The van der Waals surface area contributed by atoms with Gasteiger partial charge in [0.15, 0.2) is 11.2 Å². The largest absolute Gasteiger partial charge is 0.332 e. The van der Waals surface area contributed by atoms with Crippen LogP contribution in [0.2, 0.25) is 0 Å². The molecule has 0 saturated carbocycles. The summed E-state index contributed by atoms with van der Waals surface area (Å²) in [6.45, 7) is 1.95. The first-order valence-corrected chi connectivity index (χ1v) is 12.3. The Balaban J connectivity index is 1.66. The third kappa shape index (κ3) is 3.80. The molecule has 0 fully saturated rings. The highest BCUT2D eigenvalue weighted by molar-refractivity contribution is 7.89. The van der Waals surface area contributed by atoms with Gasteiger partial charge < -0.3 is 0 Å². The van der Waals surface area contributed by atoms with Crippen LogP contribution < -0.4 is 16.4 Å². The Morgan fingerprint density at radius 2 is 1.71 bits per heavy atom. The van der Waals surface area contributed by atoms with Crippen molar-refractivity contribution in [3.8, 4) is 5.69 Å². The fraction of sp³-hybridized carbons (Fsp3) is 0.125. The minimum atomic E-state index is -3.83. The Kier molecular flexibility index (Phi) is 5.30. The van der Waals surface area contributed by atoms with E-state index in [1.165, 1.54) is 21.3 Å². The molecular weight excluding hydrogens is 468 g/mol. The topological polar surface area (TPSA) is 126 Å². The highest BCUT2D eigenvalue weighted by Gasteiger charge is 2.20. The van der Waals surface area contributed by atoms with E-state index in [4.69, 9.17) is 5.14 Å². The minimum absolute atomic E-state index is 0.00979. The second-order valence-corrected chi connectivity index (χ2v) is 9.73. The summed E-state index contributed by atoms with van der Waals surface area (Å²) >= 11 is 0. The molecule has 0 aliphatic carbocycles. The number of nitrogens with two attached hydrogens (primary N) is 1. The van der Waals surface area contributed by atoms with Gasteiger partial charge in [-0.2, -0.15) is 4.98 Å². The maximum absolute atomic E-state index is 13.4. The average Bonchev–Trinajstić information content (AvgIpc) is 3.34. The second kappa shape index (κ2) is 8.22. The van der Waals surface area contributed by atoms with Gasteiger partial charge in [-0.25, -0.2) is 18.4 Å². The normalized spacial score (nSPS) is 12.3. The Morgan fingerprint density at radius 1 is 1.03 bits per heavy atom. The maximum atomic E-state index is 13.4. The number of imidazole rings is 2. The van der Waals surface area contributed by atoms with E-state index in [0.717, 1.165) is 11.3 Å². The van der Waals surface area contributed by atoms with Gasteiger partial charge in [0.2, 0.25) is 15.8 Å². The van der Waals surface area contributed by atoms with Gasteiger partial charge in [0.25, 0.3) is 5.56 Å². The number of rotatable bonds is 5. The van der Waals surface area contributed by atoms with Crippen LogP contribution in [0.3, 0.4) is 0 Å². The third-order valence-electron chi connectivity index (χ3n) is 5.85. The predicted molar refractivity (Wildman–Crippen MR) is 133 cm³/mol. The van der Waals surface area contributed by atoms with Crippen molar-refractivity contribution in [2.24, 2.45) is 12.2 Å². The summed E-state index contributed by atoms with van der Waals surface area (Å²) in [6.07, 6.45) is 5.38. The standard InChI is InChI=1S/C24H22N6O4S/c1-16-15-29-20-21(26-23(29)30(16)18-10-12-19(13-11-18)35(25,33)34)27(2)24(32)28(22(20)31)14-6-9-17-7-4-3-5-8-17/h3-13,15H,14H2,1-2H3,(H2,25,33,34)/b9-6+. The number of aromatic nitrogens is 5. The first-order valence-electron chi connectivity index (χ1n) is 10.7. The van der Waals surface area contributed by atoms with Crippen molar-refractivity contribution in [2.75, 3.05) is 0 Å². The number of allylic oxidation sites excluding steroid dienone is 1. The van der Waals surface area contributed by atoms with Gasteiger partial charge in [-0.15, -0.1) is 0 Å². The van der Waals surface area contributed by atoms with Crippen molar-refractivity contribution in [1.82, 2.24) is 23.1 Å². The zero-order valence-electron chi connectivity index (χ0n) is 19.0. The number of hydrogen-bond donors (Lipinski definition) is 1. The van der Waals surface area contributed by atoms with Crippen LogP contribution in [0.4, 0.5) is 0 Å². The molecule has 2 N–H and O–H groups in total. The van der Waals surface area contributed by atoms with Crippen molar-refractivity contribution < 1.29 is 8.42 Å². The molecule has 0 bridgehead atoms. The van der Waals surface area contributed by atoms with E-state index in [2.05, 4.69) is 4.98 Å². The third-order valence-corrected chi connectivity index (χ3v) is 6.78. The van der Waals surface area contributed by atoms with Gasteiger partial charge in [0.1, 0.15) is 0 Å². The number of aryl methyl sites for hydroxylation is 2. The second-order valence-electron chi connectivity index (χ2n) is 8.17. The van der Waals surface area contributed by atoms with Crippen LogP contribution >= 0.6 is 0 Å². The van der Waals surface area contributed by atoms with Crippen molar-refractivity contribution in [1.29, 1.82) is 0 Å². The van der Waals surface area contributed by atoms with E-state index < -0.39 is 21.3 Å². The van der Waals surface area contributed by atoms with Crippen LogP contribution in [-0.4, -0.2) is 31.5 Å². The zero-order valence-corrected chi connectivity index (χ0v) is 19.8. The summed E-state index contributed by atoms with van der Waals surface area (Å²) in [5.41, 5.74) is 1.98. The Bertz CT molecular complexity index is 1840. The molecule has 11 heteroatoms. The molecule has 178 valence electrons. The molecule has 0 saturated heterocycles. The molecule has 0 aliphatic heterocycles. The average molecular weight is 491 g/mol. The van der Waals surface area contributed by atoms with Crippen LogP contribution in [-0.2, 0) is 23.6 Å². The van der Waals surface area contributed by atoms with E-state index in [-0.39, 0.29) is 22.6 Å². The molecule has 0 spiro atoms. The number of nitrogens with zero attached hydrogens (tertiary/aromatic N) is 5. The highest BCUT2D eigenvalue weighted by atomic mass is 32.2. The molecule has 0 atom stereocenters. The first kappa shape index (κ1) is 22.6. The highest BCUT2D eigenvalue weighted by Crippen LogP contribution is 2.22. The van der Waals surface area contributed by atoms with Gasteiger partial charge >= 0.3 is 5.69 Å². The van der Waals surface area contributed by atoms with E-state index in [0.29, 0.717) is 11.5 Å². The Hall–Kier alpha value is -4.22. The summed E-state index contributed by atoms with van der Waals surface area (Å²) in [6, 6.07) is 15.6. The lowest BCUT2D eigenvalue weighted by molar-refractivity contribution is 0.598. The molecule has 3 aromatic heterocycles. The van der Waals surface area contributed by atoms with Gasteiger partial charge in [-0.1, -0.05) is 42.5 Å². The van der Waals surface area contributed by atoms with Crippen molar-refractivity contribution in [2.45, 2.75) is 18.4 Å². The molecule has 2 aromatic carbocycles. The smallest absolute Gasteiger partial charge is 0.283 e. The zero-order chi connectivity index (χ0) is 24.9. The summed E-state index contributed by atoms with van der Waals surface area (Å²) in [7, 11) is -2.25. The molecule has 0 aliphatic rings. The monoisotopic (exact) mass is 490 g/mol. The van der Waals surface area contributed by atoms with Crippen molar-refractivity contribution in [3.05, 3.63) is 99.0 Å². The fourth-order valence-electron chi connectivity index (χ4n) is 4.13. The molecule has 0 unspecified atom stereocenters. The molecule has 10 nitrogen and oxygen atoms in total. The molecule has 5 aromatic rings. The Morgan fingerprint density at radius 3 is 2.37 bits per heavy atom.